The third-order valence-corrected chi connectivity index (χ3v) is 6.57. The standard InChI is InChI=1S/C19H24ClN3O3S/c1-14(23(4)13-15-8-6-5-7-9-15)19(24)21-16-10-11-17(20)18(12-16)27(25,26)22(2)3/h5-12,14H,13H2,1-4H3,(H,21,24)/t14-/m0/s1. The highest BCUT2D eigenvalue weighted by atomic mass is 35.5. The van der Waals surface area contributed by atoms with E-state index < -0.39 is 16.1 Å². The van der Waals surface area contributed by atoms with Gasteiger partial charge >= 0.3 is 0 Å². The summed E-state index contributed by atoms with van der Waals surface area (Å²) in [5, 5.41) is 2.87. The zero-order valence-corrected chi connectivity index (χ0v) is 17.4. The second kappa shape index (κ2) is 8.84. The molecule has 0 heterocycles. The minimum atomic E-state index is -3.70. The van der Waals surface area contributed by atoms with Crippen molar-refractivity contribution in [3.63, 3.8) is 0 Å². The van der Waals surface area contributed by atoms with Crippen LogP contribution in [-0.2, 0) is 21.4 Å². The highest BCUT2D eigenvalue weighted by molar-refractivity contribution is 7.89. The van der Waals surface area contributed by atoms with E-state index >= 15 is 0 Å². The molecular formula is C19H24ClN3O3S. The first kappa shape index (κ1) is 21.4. The first-order valence-corrected chi connectivity index (χ1v) is 10.2. The van der Waals surface area contributed by atoms with Crippen molar-refractivity contribution in [2.45, 2.75) is 24.4 Å². The summed E-state index contributed by atoms with van der Waals surface area (Å²) in [6.07, 6.45) is 0. The molecule has 0 aromatic heterocycles. The van der Waals surface area contributed by atoms with Gasteiger partial charge in [0.15, 0.2) is 0 Å². The van der Waals surface area contributed by atoms with Gasteiger partial charge in [-0.3, -0.25) is 9.69 Å². The molecule has 1 amide bonds. The Kier molecular flexibility index (Phi) is 7.00. The molecule has 0 saturated carbocycles. The van der Waals surface area contributed by atoms with E-state index in [1.807, 2.05) is 42.3 Å². The maximum absolute atomic E-state index is 12.6. The fraction of sp³-hybridized carbons (Fsp3) is 0.316. The predicted molar refractivity (Wildman–Crippen MR) is 108 cm³/mol. The van der Waals surface area contributed by atoms with Gasteiger partial charge in [0, 0.05) is 26.3 Å². The summed E-state index contributed by atoms with van der Waals surface area (Å²) in [6.45, 7) is 2.42. The summed E-state index contributed by atoms with van der Waals surface area (Å²) in [7, 11) is 1.01. The van der Waals surface area contributed by atoms with E-state index in [-0.39, 0.29) is 15.8 Å². The Hall–Kier alpha value is -1.93. The SMILES string of the molecule is C[C@@H](C(=O)Nc1ccc(Cl)c(S(=O)(=O)N(C)C)c1)N(C)Cc1ccccc1. The molecule has 2 aromatic rings. The molecule has 27 heavy (non-hydrogen) atoms. The molecule has 0 spiro atoms. The summed E-state index contributed by atoms with van der Waals surface area (Å²) in [4.78, 5) is 14.4. The number of benzene rings is 2. The average molecular weight is 410 g/mol. The van der Waals surface area contributed by atoms with Gasteiger partial charge in [0.1, 0.15) is 4.90 Å². The van der Waals surface area contributed by atoms with Gasteiger partial charge < -0.3 is 5.32 Å². The molecule has 6 nitrogen and oxygen atoms in total. The molecule has 2 rings (SSSR count). The molecule has 0 fully saturated rings. The van der Waals surface area contributed by atoms with E-state index in [1.165, 1.54) is 26.2 Å². The number of anilines is 1. The maximum Gasteiger partial charge on any atom is 0.244 e. The Labute approximate surface area is 165 Å². The first-order chi connectivity index (χ1) is 12.6. The molecule has 0 radical (unpaired) electrons. The van der Waals surface area contributed by atoms with E-state index in [0.29, 0.717) is 12.2 Å². The average Bonchev–Trinajstić information content (AvgIpc) is 2.63. The zero-order valence-electron chi connectivity index (χ0n) is 15.8. The van der Waals surface area contributed by atoms with Crippen molar-refractivity contribution in [1.82, 2.24) is 9.21 Å². The smallest absolute Gasteiger partial charge is 0.244 e. The Bertz CT molecular complexity index is 902. The molecular weight excluding hydrogens is 386 g/mol. The van der Waals surface area contributed by atoms with Gasteiger partial charge in [-0.05, 0) is 37.7 Å². The molecule has 0 aliphatic carbocycles. The van der Waals surface area contributed by atoms with E-state index in [2.05, 4.69) is 5.32 Å². The number of likely N-dealkylation sites (N-methyl/N-ethyl adjacent to an activating group) is 1. The summed E-state index contributed by atoms with van der Waals surface area (Å²) < 4.78 is 25.8. The Morgan fingerprint density at radius 2 is 1.74 bits per heavy atom. The highest BCUT2D eigenvalue weighted by Gasteiger charge is 2.23. The lowest BCUT2D eigenvalue weighted by Crippen LogP contribution is -2.39. The summed E-state index contributed by atoms with van der Waals surface area (Å²) >= 11 is 6.04. The van der Waals surface area contributed by atoms with Gasteiger partial charge in [-0.15, -0.1) is 0 Å². The van der Waals surface area contributed by atoms with E-state index in [0.717, 1.165) is 9.87 Å². The van der Waals surface area contributed by atoms with Crippen LogP contribution in [0.4, 0.5) is 5.69 Å². The van der Waals surface area contributed by atoms with Crippen LogP contribution in [-0.4, -0.2) is 50.7 Å². The summed E-state index contributed by atoms with van der Waals surface area (Å²) in [5.74, 6) is -0.232. The van der Waals surface area contributed by atoms with E-state index in [4.69, 9.17) is 11.6 Å². The number of carbonyl (C=O) groups is 1. The number of carbonyl (C=O) groups excluding carboxylic acids is 1. The molecule has 0 aliphatic heterocycles. The second-order valence-corrected chi connectivity index (χ2v) is 9.03. The van der Waals surface area contributed by atoms with Gasteiger partial charge in [-0.25, -0.2) is 12.7 Å². The number of amides is 1. The minimum Gasteiger partial charge on any atom is -0.325 e. The molecule has 1 N–H and O–H groups in total. The van der Waals surface area contributed by atoms with Crippen molar-refractivity contribution in [3.05, 3.63) is 59.1 Å². The van der Waals surface area contributed by atoms with Crippen LogP contribution in [0, 0.1) is 0 Å². The van der Waals surface area contributed by atoms with E-state index in [9.17, 15) is 13.2 Å². The number of rotatable bonds is 7. The number of halogens is 1. The Balaban J connectivity index is 2.13. The van der Waals surface area contributed by atoms with Crippen LogP contribution in [0.1, 0.15) is 12.5 Å². The molecule has 0 saturated heterocycles. The number of hydrogen-bond donors (Lipinski definition) is 1. The maximum atomic E-state index is 12.6. The van der Waals surface area contributed by atoms with Gasteiger partial charge in [-0.1, -0.05) is 41.9 Å². The minimum absolute atomic E-state index is 0.0442. The molecule has 0 bridgehead atoms. The van der Waals surface area contributed by atoms with Crippen LogP contribution in [0.5, 0.6) is 0 Å². The Morgan fingerprint density at radius 3 is 2.33 bits per heavy atom. The first-order valence-electron chi connectivity index (χ1n) is 8.40. The Morgan fingerprint density at radius 1 is 1.11 bits per heavy atom. The van der Waals surface area contributed by atoms with Crippen LogP contribution in [0.3, 0.4) is 0 Å². The molecule has 8 heteroatoms. The molecule has 0 unspecified atom stereocenters. The van der Waals surface area contributed by atoms with Crippen molar-refractivity contribution in [2.24, 2.45) is 0 Å². The molecule has 2 aromatic carbocycles. The van der Waals surface area contributed by atoms with Crippen molar-refractivity contribution < 1.29 is 13.2 Å². The van der Waals surface area contributed by atoms with E-state index in [1.54, 1.807) is 13.0 Å². The quantitative estimate of drug-likeness (QED) is 0.763. The molecule has 146 valence electrons. The highest BCUT2D eigenvalue weighted by Crippen LogP contribution is 2.27. The van der Waals surface area contributed by atoms with Gasteiger partial charge in [0.2, 0.25) is 15.9 Å². The zero-order chi connectivity index (χ0) is 20.2. The van der Waals surface area contributed by atoms with Crippen LogP contribution in [0.2, 0.25) is 5.02 Å². The normalized spacial score (nSPS) is 13.0. The van der Waals surface area contributed by atoms with Gasteiger partial charge in [0.05, 0.1) is 11.1 Å². The third-order valence-electron chi connectivity index (χ3n) is 4.27. The topological polar surface area (TPSA) is 69.7 Å². The molecule has 1 atom stereocenters. The number of sulfonamides is 1. The lowest BCUT2D eigenvalue weighted by molar-refractivity contribution is -0.120. The summed E-state index contributed by atoms with van der Waals surface area (Å²) in [5.41, 5.74) is 1.48. The van der Waals surface area contributed by atoms with Crippen molar-refractivity contribution >= 4 is 33.2 Å². The number of nitrogens with one attached hydrogen (secondary N) is 1. The van der Waals surface area contributed by atoms with Crippen LogP contribution in [0.15, 0.2) is 53.4 Å². The fourth-order valence-electron chi connectivity index (χ4n) is 2.43. The van der Waals surface area contributed by atoms with Gasteiger partial charge in [0.25, 0.3) is 0 Å². The lowest BCUT2D eigenvalue weighted by Gasteiger charge is -2.24. The fourth-order valence-corrected chi connectivity index (χ4v) is 3.82. The summed E-state index contributed by atoms with van der Waals surface area (Å²) in [6, 6.07) is 13.9. The monoisotopic (exact) mass is 409 g/mol. The van der Waals surface area contributed by atoms with Crippen molar-refractivity contribution in [1.29, 1.82) is 0 Å². The molecule has 0 aliphatic rings. The van der Waals surface area contributed by atoms with Crippen LogP contribution < -0.4 is 5.32 Å². The van der Waals surface area contributed by atoms with Crippen LogP contribution >= 0.6 is 11.6 Å². The predicted octanol–water partition coefficient (Wildman–Crippen LogP) is 3.05. The number of hydrogen-bond acceptors (Lipinski definition) is 4. The van der Waals surface area contributed by atoms with Gasteiger partial charge in [-0.2, -0.15) is 0 Å². The third kappa shape index (κ3) is 5.29. The van der Waals surface area contributed by atoms with Crippen molar-refractivity contribution in [3.8, 4) is 0 Å². The number of nitrogens with zero attached hydrogens (tertiary/aromatic N) is 2. The lowest BCUT2D eigenvalue weighted by atomic mass is 10.2. The van der Waals surface area contributed by atoms with Crippen molar-refractivity contribution in [2.75, 3.05) is 26.5 Å². The van der Waals surface area contributed by atoms with Crippen LogP contribution in [0.25, 0.3) is 0 Å². The largest absolute Gasteiger partial charge is 0.325 e. The second-order valence-electron chi connectivity index (χ2n) is 6.50.